The number of rotatable bonds is 6. The summed E-state index contributed by atoms with van der Waals surface area (Å²) in [6.45, 7) is 6.31. The lowest BCUT2D eigenvalue weighted by Crippen LogP contribution is -2.46. The van der Waals surface area contributed by atoms with Gasteiger partial charge >= 0.3 is 11.9 Å². The maximum absolute atomic E-state index is 11.7. The zero-order valence-electron chi connectivity index (χ0n) is 13.0. The van der Waals surface area contributed by atoms with Gasteiger partial charge in [-0.2, -0.15) is 0 Å². The molecule has 0 aliphatic carbocycles. The third-order valence-electron chi connectivity index (χ3n) is 2.74. The average molecular weight is 304 g/mol. The van der Waals surface area contributed by atoms with Gasteiger partial charge in [-0.25, -0.2) is 4.79 Å². The highest BCUT2D eigenvalue weighted by molar-refractivity contribution is 5.76. The summed E-state index contributed by atoms with van der Waals surface area (Å²) in [6.07, 6.45) is -0.651. The fraction of sp³-hybridized carbons (Fsp3) is 0.857. The molecule has 0 spiro atoms. The predicted molar refractivity (Wildman–Crippen MR) is 72.3 cm³/mol. The molecule has 0 aromatic carbocycles. The Bertz CT molecular complexity index is 364. The minimum absolute atomic E-state index is 0.00174. The number of carbonyl (C=O) groups excluding carboxylic acids is 2. The molecule has 1 saturated heterocycles. The van der Waals surface area contributed by atoms with Crippen LogP contribution in [0.2, 0.25) is 0 Å². The Kier molecular flexibility index (Phi) is 6.57. The molecule has 0 amide bonds. The first-order chi connectivity index (χ1) is 9.71. The zero-order chi connectivity index (χ0) is 16.0. The molecule has 1 fully saturated rings. The number of esters is 2. The first-order valence-corrected chi connectivity index (χ1v) is 7.03. The minimum atomic E-state index is -0.868. The average Bonchev–Trinajstić information content (AvgIpc) is 2.33. The van der Waals surface area contributed by atoms with E-state index < -0.39 is 30.4 Å². The molecule has 7 heteroatoms. The number of hydrogen-bond acceptors (Lipinski definition) is 7. The summed E-state index contributed by atoms with van der Waals surface area (Å²) < 4.78 is 20.8. The van der Waals surface area contributed by atoms with E-state index in [1.807, 2.05) is 0 Å². The second-order valence-electron chi connectivity index (χ2n) is 5.70. The van der Waals surface area contributed by atoms with Crippen molar-refractivity contribution >= 4 is 11.9 Å². The van der Waals surface area contributed by atoms with Crippen LogP contribution in [0.3, 0.4) is 0 Å². The second kappa shape index (κ2) is 7.72. The lowest BCUT2D eigenvalue weighted by Gasteiger charge is -2.39. The molecule has 2 atom stereocenters. The van der Waals surface area contributed by atoms with Crippen LogP contribution in [0.5, 0.6) is 0 Å². The largest absolute Gasteiger partial charge is 0.460 e. The Morgan fingerprint density at radius 2 is 1.86 bits per heavy atom. The summed E-state index contributed by atoms with van der Waals surface area (Å²) in [5.41, 5.74) is 0. The van der Waals surface area contributed by atoms with Crippen molar-refractivity contribution in [3.63, 3.8) is 0 Å². The molecule has 0 saturated carbocycles. The summed E-state index contributed by atoms with van der Waals surface area (Å²) in [4.78, 5) is 23.0. The first kappa shape index (κ1) is 17.9. The van der Waals surface area contributed by atoms with Gasteiger partial charge in [0.2, 0.25) is 0 Å². The van der Waals surface area contributed by atoms with Crippen LogP contribution < -0.4 is 0 Å². The standard InChI is InChI=1S/C14H24O7/c1-9(2)19-13(17)8-18-12(16)6-10-5-11(7-15)21-14(3,4)20-10/h9-11,15H,5-8H2,1-4H3/t10-,11+/m1/s1. The maximum Gasteiger partial charge on any atom is 0.344 e. The van der Waals surface area contributed by atoms with Gasteiger partial charge in [-0.05, 0) is 27.7 Å². The SMILES string of the molecule is CC(C)OC(=O)COC(=O)C[C@H]1C[C@@H](CO)OC(C)(C)O1. The molecule has 1 aliphatic heterocycles. The lowest BCUT2D eigenvalue weighted by molar-refractivity contribution is -0.304. The zero-order valence-corrected chi connectivity index (χ0v) is 13.0. The highest BCUT2D eigenvalue weighted by atomic mass is 16.7. The van der Waals surface area contributed by atoms with Crippen molar-refractivity contribution in [3.05, 3.63) is 0 Å². The molecule has 0 aromatic heterocycles. The van der Waals surface area contributed by atoms with Gasteiger partial charge in [0.05, 0.1) is 31.3 Å². The predicted octanol–water partition coefficient (Wildman–Crippen LogP) is 0.774. The Hall–Kier alpha value is -1.18. The van der Waals surface area contributed by atoms with Gasteiger partial charge in [-0.15, -0.1) is 0 Å². The van der Waals surface area contributed by atoms with Crippen molar-refractivity contribution in [2.75, 3.05) is 13.2 Å². The van der Waals surface area contributed by atoms with Crippen molar-refractivity contribution in [2.45, 2.75) is 64.6 Å². The summed E-state index contributed by atoms with van der Waals surface area (Å²) in [7, 11) is 0. The van der Waals surface area contributed by atoms with E-state index in [0.717, 1.165) is 0 Å². The molecular weight excluding hydrogens is 280 g/mol. The second-order valence-corrected chi connectivity index (χ2v) is 5.70. The molecule has 0 aromatic rings. The third-order valence-corrected chi connectivity index (χ3v) is 2.74. The van der Waals surface area contributed by atoms with Crippen LogP contribution in [-0.4, -0.2) is 54.4 Å². The highest BCUT2D eigenvalue weighted by Gasteiger charge is 2.36. The summed E-state index contributed by atoms with van der Waals surface area (Å²) in [5.74, 6) is -2.00. The molecule has 122 valence electrons. The van der Waals surface area contributed by atoms with E-state index in [2.05, 4.69) is 0 Å². The smallest absolute Gasteiger partial charge is 0.344 e. The van der Waals surface area contributed by atoms with Crippen molar-refractivity contribution < 1.29 is 33.6 Å². The Labute approximate surface area is 124 Å². The van der Waals surface area contributed by atoms with Crippen LogP contribution in [0.25, 0.3) is 0 Å². The molecule has 1 N–H and O–H groups in total. The molecule has 1 aliphatic rings. The first-order valence-electron chi connectivity index (χ1n) is 7.03. The lowest BCUT2D eigenvalue weighted by atomic mass is 10.1. The molecule has 1 heterocycles. The molecule has 0 bridgehead atoms. The number of aliphatic hydroxyl groups excluding tert-OH is 1. The van der Waals surface area contributed by atoms with E-state index in [4.69, 9.17) is 18.9 Å². The molecule has 21 heavy (non-hydrogen) atoms. The van der Waals surface area contributed by atoms with E-state index in [-0.39, 0.29) is 25.2 Å². The molecule has 1 rings (SSSR count). The summed E-state index contributed by atoms with van der Waals surface area (Å²) in [5, 5.41) is 9.18. The van der Waals surface area contributed by atoms with E-state index in [9.17, 15) is 14.7 Å². The van der Waals surface area contributed by atoms with Crippen LogP contribution in [0.1, 0.15) is 40.5 Å². The van der Waals surface area contributed by atoms with Crippen molar-refractivity contribution in [1.29, 1.82) is 0 Å². The molecular formula is C14H24O7. The monoisotopic (exact) mass is 304 g/mol. The number of hydrogen-bond donors (Lipinski definition) is 1. The quantitative estimate of drug-likeness (QED) is 0.725. The van der Waals surface area contributed by atoms with Crippen LogP contribution in [-0.2, 0) is 28.5 Å². The fourth-order valence-corrected chi connectivity index (χ4v) is 2.14. The van der Waals surface area contributed by atoms with Crippen molar-refractivity contribution in [1.82, 2.24) is 0 Å². The Morgan fingerprint density at radius 1 is 1.24 bits per heavy atom. The van der Waals surface area contributed by atoms with Gasteiger partial charge in [-0.3, -0.25) is 4.79 Å². The molecule has 7 nitrogen and oxygen atoms in total. The van der Waals surface area contributed by atoms with Crippen LogP contribution in [0, 0.1) is 0 Å². The fourth-order valence-electron chi connectivity index (χ4n) is 2.14. The summed E-state index contributed by atoms with van der Waals surface area (Å²) in [6, 6.07) is 0. The van der Waals surface area contributed by atoms with Crippen molar-refractivity contribution in [3.8, 4) is 0 Å². The highest BCUT2D eigenvalue weighted by Crippen LogP contribution is 2.28. The van der Waals surface area contributed by atoms with Gasteiger partial charge in [0.15, 0.2) is 12.4 Å². The van der Waals surface area contributed by atoms with E-state index in [1.54, 1.807) is 27.7 Å². The van der Waals surface area contributed by atoms with E-state index in [0.29, 0.717) is 6.42 Å². The van der Waals surface area contributed by atoms with Gasteiger partial charge < -0.3 is 24.1 Å². The van der Waals surface area contributed by atoms with Crippen LogP contribution in [0.15, 0.2) is 0 Å². The minimum Gasteiger partial charge on any atom is -0.460 e. The maximum atomic E-state index is 11.7. The number of aliphatic hydroxyl groups is 1. The molecule has 0 unspecified atom stereocenters. The number of ether oxygens (including phenoxy) is 4. The van der Waals surface area contributed by atoms with Crippen LogP contribution >= 0.6 is 0 Å². The van der Waals surface area contributed by atoms with Gasteiger partial charge in [0, 0.05) is 6.42 Å². The van der Waals surface area contributed by atoms with Crippen molar-refractivity contribution in [2.24, 2.45) is 0 Å². The topological polar surface area (TPSA) is 91.3 Å². The Balaban J connectivity index is 2.38. The van der Waals surface area contributed by atoms with Gasteiger partial charge in [0.1, 0.15) is 0 Å². The van der Waals surface area contributed by atoms with E-state index in [1.165, 1.54) is 0 Å². The summed E-state index contributed by atoms with van der Waals surface area (Å²) >= 11 is 0. The molecule has 0 radical (unpaired) electrons. The third kappa shape index (κ3) is 6.88. The van der Waals surface area contributed by atoms with Gasteiger partial charge in [-0.1, -0.05) is 0 Å². The Morgan fingerprint density at radius 3 is 2.43 bits per heavy atom. The number of carbonyl (C=O) groups is 2. The normalized spacial score (nSPS) is 24.7. The van der Waals surface area contributed by atoms with Gasteiger partial charge in [0.25, 0.3) is 0 Å². The van der Waals surface area contributed by atoms with Crippen LogP contribution in [0.4, 0.5) is 0 Å². The van der Waals surface area contributed by atoms with E-state index >= 15 is 0 Å².